The highest BCUT2D eigenvalue weighted by Crippen LogP contribution is 2.23. The molecule has 118 valence electrons. The highest BCUT2D eigenvalue weighted by molar-refractivity contribution is 5.96. The van der Waals surface area contributed by atoms with Crippen LogP contribution in [0.3, 0.4) is 0 Å². The smallest absolute Gasteiger partial charge is 0.271 e. The minimum absolute atomic E-state index is 0.0805. The highest BCUT2D eigenvalue weighted by atomic mass is 16.6. The Labute approximate surface area is 134 Å². The number of hydrogen-bond donors (Lipinski definition) is 1. The molecule has 0 amide bonds. The zero-order chi connectivity index (χ0) is 16.1. The van der Waals surface area contributed by atoms with Gasteiger partial charge in [-0.05, 0) is 18.1 Å². The van der Waals surface area contributed by atoms with Crippen LogP contribution in [0.4, 0.5) is 11.4 Å². The summed E-state index contributed by atoms with van der Waals surface area (Å²) in [5.41, 5.74) is 1.96. The van der Waals surface area contributed by atoms with Crippen molar-refractivity contribution >= 4 is 17.3 Å². The van der Waals surface area contributed by atoms with Crippen LogP contribution in [0.5, 0.6) is 0 Å². The van der Waals surface area contributed by atoms with Gasteiger partial charge in [-0.15, -0.1) is 0 Å². The Kier molecular flexibility index (Phi) is 4.52. The van der Waals surface area contributed by atoms with E-state index in [9.17, 15) is 10.1 Å². The summed E-state index contributed by atoms with van der Waals surface area (Å²) in [6, 6.07) is 16.7. The highest BCUT2D eigenvalue weighted by Gasteiger charge is 2.18. The quantitative estimate of drug-likeness (QED) is 0.696. The monoisotopic (exact) mass is 310 g/mol. The second-order valence-electron chi connectivity index (χ2n) is 5.33. The normalized spacial score (nSPS) is 13.8. The lowest BCUT2D eigenvalue weighted by molar-refractivity contribution is -0.384. The maximum atomic E-state index is 11.1. The van der Waals surface area contributed by atoms with Crippen LogP contribution < -0.4 is 10.2 Å². The maximum Gasteiger partial charge on any atom is 0.271 e. The molecule has 2 aromatic rings. The zero-order valence-electron chi connectivity index (χ0n) is 12.7. The second-order valence-corrected chi connectivity index (χ2v) is 5.33. The molecule has 23 heavy (non-hydrogen) atoms. The number of nitro benzene ring substituents is 1. The fourth-order valence-corrected chi connectivity index (χ4v) is 2.53. The number of guanidine groups is 1. The predicted molar refractivity (Wildman–Crippen MR) is 90.6 cm³/mol. The molecule has 0 aromatic heterocycles. The molecule has 1 aliphatic rings. The van der Waals surface area contributed by atoms with Crippen LogP contribution in [0.2, 0.25) is 0 Å². The zero-order valence-corrected chi connectivity index (χ0v) is 12.7. The van der Waals surface area contributed by atoms with Crippen LogP contribution in [-0.2, 0) is 6.54 Å². The second kappa shape index (κ2) is 6.91. The summed E-state index contributed by atoms with van der Waals surface area (Å²) in [6.45, 7) is 2.23. The summed E-state index contributed by atoms with van der Waals surface area (Å²) < 4.78 is 0. The minimum Gasteiger partial charge on any atom is -0.356 e. The first-order chi connectivity index (χ1) is 11.2. The van der Waals surface area contributed by atoms with Gasteiger partial charge in [0.05, 0.1) is 17.2 Å². The molecule has 6 nitrogen and oxygen atoms in total. The van der Waals surface area contributed by atoms with E-state index in [-0.39, 0.29) is 10.6 Å². The number of anilines is 1. The predicted octanol–water partition coefficient (Wildman–Crippen LogP) is 2.95. The Morgan fingerprint density at radius 1 is 1.17 bits per heavy atom. The van der Waals surface area contributed by atoms with Crippen LogP contribution in [0.25, 0.3) is 0 Å². The molecule has 0 aliphatic carbocycles. The Bertz CT molecular complexity index is 716. The van der Waals surface area contributed by atoms with Gasteiger partial charge < -0.3 is 10.2 Å². The molecule has 2 aromatic carbocycles. The van der Waals surface area contributed by atoms with E-state index in [1.54, 1.807) is 12.1 Å². The molecule has 0 fully saturated rings. The Morgan fingerprint density at radius 2 is 2.00 bits per heavy atom. The van der Waals surface area contributed by atoms with Gasteiger partial charge in [-0.3, -0.25) is 15.1 Å². The van der Waals surface area contributed by atoms with Crippen molar-refractivity contribution < 1.29 is 4.92 Å². The maximum absolute atomic E-state index is 11.1. The summed E-state index contributed by atoms with van der Waals surface area (Å²) in [6.07, 6.45) is 0.998. The molecule has 3 rings (SSSR count). The summed E-state index contributed by atoms with van der Waals surface area (Å²) in [5, 5.41) is 14.3. The van der Waals surface area contributed by atoms with Crippen molar-refractivity contribution in [3.05, 3.63) is 70.3 Å². The van der Waals surface area contributed by atoms with Gasteiger partial charge >= 0.3 is 0 Å². The summed E-state index contributed by atoms with van der Waals surface area (Å²) in [7, 11) is 0. The molecule has 0 spiro atoms. The topological polar surface area (TPSA) is 70.8 Å². The van der Waals surface area contributed by atoms with Crippen LogP contribution >= 0.6 is 0 Å². The number of non-ortho nitro benzene ring substituents is 1. The Balaban J connectivity index is 1.95. The first-order valence-electron chi connectivity index (χ1n) is 7.58. The Morgan fingerprint density at radius 3 is 2.70 bits per heavy atom. The van der Waals surface area contributed by atoms with Crippen LogP contribution in [0.1, 0.15) is 12.0 Å². The molecule has 0 atom stereocenters. The van der Waals surface area contributed by atoms with Gasteiger partial charge in [0, 0.05) is 25.2 Å². The first-order valence-corrected chi connectivity index (χ1v) is 7.58. The molecular formula is C17H18N4O2. The lowest BCUT2D eigenvalue weighted by atomic mass is 10.2. The number of benzene rings is 2. The van der Waals surface area contributed by atoms with Gasteiger partial charge in [0.2, 0.25) is 0 Å². The van der Waals surface area contributed by atoms with Gasteiger partial charge in [0.25, 0.3) is 5.69 Å². The van der Waals surface area contributed by atoms with Crippen molar-refractivity contribution in [1.29, 1.82) is 0 Å². The van der Waals surface area contributed by atoms with E-state index < -0.39 is 0 Å². The summed E-state index contributed by atoms with van der Waals surface area (Å²) in [5.74, 6) is 0.764. The van der Waals surface area contributed by atoms with Crippen LogP contribution in [-0.4, -0.2) is 24.0 Å². The van der Waals surface area contributed by atoms with E-state index >= 15 is 0 Å². The molecule has 1 N–H and O–H groups in total. The van der Waals surface area contributed by atoms with Crippen molar-refractivity contribution in [2.75, 3.05) is 18.0 Å². The molecule has 1 aliphatic heterocycles. The first kappa shape index (κ1) is 15.0. The molecule has 6 heteroatoms. The van der Waals surface area contributed by atoms with Gasteiger partial charge in [-0.1, -0.05) is 36.4 Å². The van der Waals surface area contributed by atoms with Crippen molar-refractivity contribution in [2.24, 2.45) is 4.99 Å². The molecule has 0 saturated heterocycles. The third-order valence-corrected chi connectivity index (χ3v) is 3.67. The van der Waals surface area contributed by atoms with E-state index in [0.717, 1.165) is 36.7 Å². The van der Waals surface area contributed by atoms with E-state index in [1.807, 2.05) is 41.3 Å². The van der Waals surface area contributed by atoms with Crippen LogP contribution in [0.15, 0.2) is 59.6 Å². The van der Waals surface area contributed by atoms with Crippen molar-refractivity contribution in [2.45, 2.75) is 13.0 Å². The molecule has 0 unspecified atom stereocenters. The number of nitro groups is 1. The number of aliphatic imine (C=N–C) groups is 1. The molecule has 0 radical (unpaired) electrons. The van der Waals surface area contributed by atoms with Gasteiger partial charge in [-0.2, -0.15) is 0 Å². The van der Waals surface area contributed by atoms with E-state index in [0.29, 0.717) is 6.54 Å². The van der Waals surface area contributed by atoms with E-state index in [1.165, 1.54) is 6.07 Å². The minimum atomic E-state index is -0.375. The number of nitrogens with zero attached hydrogens (tertiary/aromatic N) is 3. The lowest BCUT2D eigenvalue weighted by Crippen LogP contribution is -2.44. The van der Waals surface area contributed by atoms with Gasteiger partial charge in [0.15, 0.2) is 5.96 Å². The van der Waals surface area contributed by atoms with Gasteiger partial charge in [0.1, 0.15) is 0 Å². The molecule has 0 bridgehead atoms. The third kappa shape index (κ3) is 3.66. The average molecular weight is 310 g/mol. The number of rotatable bonds is 4. The fourth-order valence-electron chi connectivity index (χ4n) is 2.53. The van der Waals surface area contributed by atoms with Crippen molar-refractivity contribution in [3.63, 3.8) is 0 Å². The lowest BCUT2D eigenvalue weighted by Gasteiger charge is -2.29. The van der Waals surface area contributed by atoms with Crippen molar-refractivity contribution in [3.8, 4) is 0 Å². The third-order valence-electron chi connectivity index (χ3n) is 3.67. The Hall–Kier alpha value is -2.89. The standard InChI is InChI=1S/C17H18N4O2/c22-21(23)16-9-4-8-15(12-16)20(17-18-10-5-11-19-17)13-14-6-2-1-3-7-14/h1-4,6-9,12H,5,10-11,13H2,(H,18,19). The fraction of sp³-hybridized carbons (Fsp3) is 0.235. The molecular weight excluding hydrogens is 292 g/mol. The van der Waals surface area contributed by atoms with Gasteiger partial charge in [-0.25, -0.2) is 0 Å². The largest absolute Gasteiger partial charge is 0.356 e. The number of nitrogens with one attached hydrogen (secondary N) is 1. The molecule has 0 saturated carbocycles. The average Bonchev–Trinajstić information content (AvgIpc) is 2.61. The SMILES string of the molecule is O=[N+]([O-])c1cccc(N(Cc2ccccc2)C2=NCCCN2)c1. The summed E-state index contributed by atoms with van der Waals surface area (Å²) in [4.78, 5) is 17.2. The number of hydrogen-bond acceptors (Lipinski definition) is 5. The van der Waals surface area contributed by atoms with Crippen LogP contribution in [0, 0.1) is 10.1 Å². The molecule has 1 heterocycles. The van der Waals surface area contributed by atoms with Crippen molar-refractivity contribution in [1.82, 2.24) is 5.32 Å². The summed E-state index contributed by atoms with van der Waals surface area (Å²) >= 11 is 0. The van der Waals surface area contributed by atoms with E-state index in [4.69, 9.17) is 0 Å². The van der Waals surface area contributed by atoms with E-state index in [2.05, 4.69) is 10.3 Å².